The van der Waals surface area contributed by atoms with Crippen molar-refractivity contribution in [1.82, 2.24) is 10.6 Å². The maximum absolute atomic E-state index is 12.3. The third kappa shape index (κ3) is 7.72. The van der Waals surface area contributed by atoms with E-state index in [1.165, 1.54) is 6.08 Å². The summed E-state index contributed by atoms with van der Waals surface area (Å²) in [6.45, 7) is 6.17. The first-order valence-corrected chi connectivity index (χ1v) is 9.45. The van der Waals surface area contributed by atoms with Crippen molar-refractivity contribution in [2.75, 3.05) is 5.32 Å². The summed E-state index contributed by atoms with van der Waals surface area (Å²) in [5.74, 6) is -0.412. The highest BCUT2D eigenvalue weighted by Crippen LogP contribution is 2.30. The van der Waals surface area contributed by atoms with E-state index in [-0.39, 0.29) is 11.7 Å². The van der Waals surface area contributed by atoms with Crippen LogP contribution in [0, 0.1) is 5.92 Å². The van der Waals surface area contributed by atoms with Crippen molar-refractivity contribution < 1.29 is 9.59 Å². The number of hydrogen-bond acceptors (Lipinski definition) is 4. The van der Waals surface area contributed by atoms with E-state index in [2.05, 4.69) is 42.0 Å². The zero-order valence-corrected chi connectivity index (χ0v) is 17.3. The van der Waals surface area contributed by atoms with Crippen LogP contribution in [0.4, 0.5) is 5.69 Å². The molecule has 1 aromatic rings. The Kier molecular flexibility index (Phi) is 9.62. The number of anilines is 1. The van der Waals surface area contributed by atoms with E-state index in [1.54, 1.807) is 18.2 Å². The van der Waals surface area contributed by atoms with Crippen LogP contribution in [-0.2, 0) is 9.59 Å². The summed E-state index contributed by atoms with van der Waals surface area (Å²) in [4.78, 5) is 24.5. The number of benzene rings is 1. The van der Waals surface area contributed by atoms with Crippen LogP contribution in [0.5, 0.6) is 0 Å². The molecule has 0 spiro atoms. The fraction of sp³-hybridized carbons (Fsp3) is 0.389. The Morgan fingerprint density at radius 2 is 1.77 bits per heavy atom. The molecule has 1 aromatic carbocycles. The van der Waals surface area contributed by atoms with Crippen molar-refractivity contribution in [2.24, 2.45) is 5.92 Å². The average molecular weight is 416 g/mol. The third-order valence-electron chi connectivity index (χ3n) is 3.50. The molecule has 1 rings (SSSR count). The molecule has 1 atom stereocenters. The van der Waals surface area contributed by atoms with E-state index in [0.29, 0.717) is 21.7 Å². The normalized spacial score (nSPS) is 12.5. The number of thiocarbonyl (C=S) groups is 1. The van der Waals surface area contributed by atoms with Crippen molar-refractivity contribution in [3.63, 3.8) is 0 Å². The standard InChI is InChI=1S/C18H23Cl2N3O2S/c1-11(2)7-8-12(3)22-16(24)9-15(18(25)21-10-26)23-17-13(19)5-4-6-14(17)20/h4-6,9-12,23H,7-8H2,1-3H3,(H,22,24)(H,21,25,26)/b15-9-. The molecule has 0 aliphatic rings. The van der Waals surface area contributed by atoms with Gasteiger partial charge in [0.2, 0.25) is 5.91 Å². The largest absolute Gasteiger partial charge is 0.350 e. The lowest BCUT2D eigenvalue weighted by Gasteiger charge is -2.15. The topological polar surface area (TPSA) is 70.2 Å². The molecule has 142 valence electrons. The van der Waals surface area contributed by atoms with Crippen LogP contribution in [-0.4, -0.2) is 23.3 Å². The molecule has 0 fully saturated rings. The minimum atomic E-state index is -0.569. The second-order valence-corrected chi connectivity index (χ2v) is 7.30. The zero-order valence-electron chi connectivity index (χ0n) is 14.9. The van der Waals surface area contributed by atoms with Gasteiger partial charge in [0.25, 0.3) is 5.91 Å². The summed E-state index contributed by atoms with van der Waals surface area (Å²) >= 11 is 16.9. The van der Waals surface area contributed by atoms with Crippen molar-refractivity contribution >= 4 is 58.4 Å². The second kappa shape index (κ2) is 11.2. The fourth-order valence-electron chi connectivity index (χ4n) is 2.11. The minimum absolute atomic E-state index is 0.0140. The van der Waals surface area contributed by atoms with Crippen molar-refractivity contribution in [2.45, 2.75) is 39.7 Å². The number of nitrogens with one attached hydrogen (secondary N) is 3. The lowest BCUT2D eigenvalue weighted by molar-refractivity contribution is -0.119. The first-order valence-electron chi connectivity index (χ1n) is 8.22. The van der Waals surface area contributed by atoms with E-state index >= 15 is 0 Å². The molecule has 0 saturated carbocycles. The number of carbonyl (C=O) groups excluding carboxylic acids is 2. The van der Waals surface area contributed by atoms with Gasteiger partial charge in [-0.05, 0) is 37.8 Å². The quantitative estimate of drug-likeness (QED) is 0.415. The van der Waals surface area contributed by atoms with Gasteiger partial charge in [0, 0.05) is 12.1 Å². The van der Waals surface area contributed by atoms with E-state index < -0.39 is 11.8 Å². The van der Waals surface area contributed by atoms with E-state index in [1.807, 2.05) is 6.92 Å². The molecule has 0 aliphatic carbocycles. The monoisotopic (exact) mass is 415 g/mol. The first kappa shape index (κ1) is 22.4. The number of para-hydroxylation sites is 1. The zero-order chi connectivity index (χ0) is 19.7. The SMILES string of the molecule is CC(C)CCC(C)NC(=O)/C=C(\Nc1c(Cl)cccc1Cl)C(=O)NC=S. The summed E-state index contributed by atoms with van der Waals surface area (Å²) < 4.78 is 0. The summed E-state index contributed by atoms with van der Waals surface area (Å²) in [6.07, 6.45) is 3.01. The third-order valence-corrected chi connectivity index (χ3v) is 4.25. The van der Waals surface area contributed by atoms with Crippen LogP contribution >= 0.6 is 35.4 Å². The number of carbonyl (C=O) groups is 2. The number of hydrogen-bond donors (Lipinski definition) is 3. The molecule has 8 heteroatoms. The smallest absolute Gasteiger partial charge is 0.272 e. The minimum Gasteiger partial charge on any atom is -0.350 e. The molecule has 5 nitrogen and oxygen atoms in total. The lowest BCUT2D eigenvalue weighted by Crippen LogP contribution is -2.33. The maximum atomic E-state index is 12.3. The van der Waals surface area contributed by atoms with Crippen molar-refractivity contribution in [3.8, 4) is 0 Å². The van der Waals surface area contributed by atoms with E-state index in [0.717, 1.165) is 18.3 Å². The molecule has 1 unspecified atom stereocenters. The Morgan fingerprint density at radius 1 is 1.15 bits per heavy atom. The number of amides is 2. The Balaban J connectivity index is 2.95. The van der Waals surface area contributed by atoms with Crippen LogP contribution < -0.4 is 16.0 Å². The lowest BCUT2D eigenvalue weighted by atomic mass is 10.0. The van der Waals surface area contributed by atoms with E-state index in [4.69, 9.17) is 23.2 Å². The highest BCUT2D eigenvalue weighted by Gasteiger charge is 2.15. The first-order chi connectivity index (χ1) is 12.2. The van der Waals surface area contributed by atoms with Crippen molar-refractivity contribution in [3.05, 3.63) is 40.0 Å². The van der Waals surface area contributed by atoms with Crippen LogP contribution in [0.1, 0.15) is 33.6 Å². The molecule has 3 N–H and O–H groups in total. The Labute approximate surface area is 169 Å². The second-order valence-electron chi connectivity index (χ2n) is 6.25. The van der Waals surface area contributed by atoms with Crippen LogP contribution in [0.25, 0.3) is 0 Å². The Hall–Kier alpha value is -1.63. The average Bonchev–Trinajstić information content (AvgIpc) is 2.55. The van der Waals surface area contributed by atoms with Gasteiger partial charge in [0.15, 0.2) is 0 Å². The molecule has 0 aromatic heterocycles. The number of rotatable bonds is 9. The highest BCUT2D eigenvalue weighted by atomic mass is 35.5. The molecule has 2 amide bonds. The van der Waals surface area contributed by atoms with Gasteiger partial charge in [-0.1, -0.05) is 55.3 Å². The highest BCUT2D eigenvalue weighted by molar-refractivity contribution is 7.78. The molecule has 0 heterocycles. The molecule has 26 heavy (non-hydrogen) atoms. The van der Waals surface area contributed by atoms with Gasteiger partial charge in [-0.3, -0.25) is 9.59 Å². The van der Waals surface area contributed by atoms with Crippen LogP contribution in [0.3, 0.4) is 0 Å². The van der Waals surface area contributed by atoms with Crippen LogP contribution in [0.2, 0.25) is 10.0 Å². The van der Waals surface area contributed by atoms with Gasteiger partial charge >= 0.3 is 0 Å². The van der Waals surface area contributed by atoms with Gasteiger partial charge in [0.1, 0.15) is 5.70 Å². The molecular formula is C18H23Cl2N3O2S. The predicted octanol–water partition coefficient (Wildman–Crippen LogP) is 4.30. The summed E-state index contributed by atoms with van der Waals surface area (Å²) in [6, 6.07) is 4.91. The molecular weight excluding hydrogens is 393 g/mol. The van der Waals surface area contributed by atoms with Gasteiger partial charge in [-0.2, -0.15) is 0 Å². The van der Waals surface area contributed by atoms with Gasteiger partial charge in [0.05, 0.1) is 21.2 Å². The van der Waals surface area contributed by atoms with E-state index in [9.17, 15) is 9.59 Å². The fourth-order valence-corrected chi connectivity index (χ4v) is 2.71. The maximum Gasteiger partial charge on any atom is 0.272 e. The molecule has 0 aliphatic heterocycles. The predicted molar refractivity (Wildman–Crippen MR) is 112 cm³/mol. The molecule has 0 radical (unpaired) electrons. The number of halogens is 2. The summed E-state index contributed by atoms with van der Waals surface area (Å²) in [5, 5.41) is 8.66. The molecule has 0 bridgehead atoms. The van der Waals surface area contributed by atoms with Crippen molar-refractivity contribution in [1.29, 1.82) is 0 Å². The summed E-state index contributed by atoms with van der Waals surface area (Å²) in [5.41, 5.74) is 1.38. The van der Waals surface area contributed by atoms with Crippen LogP contribution in [0.15, 0.2) is 30.0 Å². The van der Waals surface area contributed by atoms with Gasteiger partial charge < -0.3 is 16.0 Å². The van der Waals surface area contributed by atoms with Gasteiger partial charge in [-0.25, -0.2) is 0 Å². The Bertz CT molecular complexity index is 673. The van der Waals surface area contributed by atoms with Gasteiger partial charge in [-0.15, -0.1) is 0 Å². The Morgan fingerprint density at radius 3 is 2.31 bits per heavy atom. The summed E-state index contributed by atoms with van der Waals surface area (Å²) in [7, 11) is 0. The molecule has 0 saturated heterocycles.